The van der Waals surface area contributed by atoms with Crippen LogP contribution in [0.4, 0.5) is 4.39 Å². The molecule has 3 unspecified atom stereocenters. The first-order valence-corrected chi connectivity index (χ1v) is 8.03. The van der Waals surface area contributed by atoms with E-state index < -0.39 is 29.9 Å². The highest BCUT2D eigenvalue weighted by molar-refractivity contribution is 5.90. The molecule has 25 heavy (non-hydrogen) atoms. The summed E-state index contributed by atoms with van der Waals surface area (Å²) in [6.07, 6.45) is -1.01. The first-order chi connectivity index (χ1) is 11.9. The largest absolute Gasteiger partial charge is 0.479 e. The van der Waals surface area contributed by atoms with Crippen molar-refractivity contribution in [3.63, 3.8) is 0 Å². The predicted octanol–water partition coefficient (Wildman–Crippen LogP) is 0.657. The predicted molar refractivity (Wildman–Crippen MR) is 84.0 cm³/mol. The van der Waals surface area contributed by atoms with E-state index in [-0.39, 0.29) is 37.9 Å². The van der Waals surface area contributed by atoms with Crippen molar-refractivity contribution in [3.8, 4) is 0 Å². The number of likely N-dealkylation sites (tertiary alicyclic amines) is 1. The van der Waals surface area contributed by atoms with E-state index in [0.717, 1.165) is 0 Å². The first kappa shape index (κ1) is 17.3. The number of hydrogen-bond acceptors (Lipinski definition) is 4. The summed E-state index contributed by atoms with van der Waals surface area (Å²) in [7, 11) is 1.61. The molecule has 1 N–H and O–H groups in total. The molecule has 2 fully saturated rings. The normalized spacial score (nSPS) is 26.8. The number of carbonyl (C=O) groups is 3. The van der Waals surface area contributed by atoms with Crippen molar-refractivity contribution in [1.29, 1.82) is 0 Å². The van der Waals surface area contributed by atoms with Crippen molar-refractivity contribution in [3.05, 3.63) is 35.6 Å². The Bertz CT molecular complexity index is 693. The van der Waals surface area contributed by atoms with Crippen LogP contribution in [0.5, 0.6) is 0 Å². The van der Waals surface area contributed by atoms with Crippen molar-refractivity contribution in [1.82, 2.24) is 9.80 Å². The van der Waals surface area contributed by atoms with Crippen molar-refractivity contribution in [2.24, 2.45) is 5.92 Å². The molecule has 0 radical (unpaired) electrons. The van der Waals surface area contributed by atoms with E-state index in [2.05, 4.69) is 0 Å². The number of ether oxygens (including phenoxy) is 1. The first-order valence-electron chi connectivity index (χ1n) is 8.03. The molecule has 3 atom stereocenters. The van der Waals surface area contributed by atoms with Gasteiger partial charge in [-0.1, -0.05) is 12.1 Å². The standard InChI is InChI=1S/C17H19FN2O5/c1-19-14(21)8-12(15(19)10-2-4-11(18)5-3-10)16(22)20-6-7-25-13(9-20)17(23)24/h2-5,12-13,15H,6-9H2,1H3,(H,23,24). The van der Waals surface area contributed by atoms with Gasteiger partial charge in [0.1, 0.15) is 5.82 Å². The van der Waals surface area contributed by atoms with E-state index >= 15 is 0 Å². The highest BCUT2D eigenvalue weighted by Gasteiger charge is 2.45. The van der Waals surface area contributed by atoms with Crippen molar-refractivity contribution in [2.75, 3.05) is 26.7 Å². The van der Waals surface area contributed by atoms with Gasteiger partial charge in [0.15, 0.2) is 6.10 Å². The number of carboxylic acid groups (broad SMARTS) is 1. The zero-order valence-corrected chi connectivity index (χ0v) is 13.7. The molecule has 1 aromatic rings. The Morgan fingerprint density at radius 3 is 2.60 bits per heavy atom. The molecule has 2 amide bonds. The number of carboxylic acids is 1. The summed E-state index contributed by atoms with van der Waals surface area (Å²) in [6.45, 7) is 0.381. The number of nitrogens with zero attached hydrogens (tertiary/aromatic N) is 2. The quantitative estimate of drug-likeness (QED) is 0.865. The van der Waals surface area contributed by atoms with E-state index in [0.29, 0.717) is 5.56 Å². The molecular weight excluding hydrogens is 331 g/mol. The lowest BCUT2D eigenvalue weighted by molar-refractivity contribution is -0.160. The Labute approximate surface area is 144 Å². The topological polar surface area (TPSA) is 87.2 Å². The molecule has 2 saturated heterocycles. The van der Waals surface area contributed by atoms with Crippen molar-refractivity contribution in [2.45, 2.75) is 18.6 Å². The number of amides is 2. The second-order valence-corrected chi connectivity index (χ2v) is 6.29. The van der Waals surface area contributed by atoms with Gasteiger partial charge in [-0.25, -0.2) is 9.18 Å². The highest BCUT2D eigenvalue weighted by atomic mass is 19.1. The van der Waals surface area contributed by atoms with Gasteiger partial charge in [-0.2, -0.15) is 0 Å². The molecular formula is C17H19FN2O5. The Balaban J connectivity index is 1.83. The third-order valence-corrected chi connectivity index (χ3v) is 4.77. The minimum absolute atomic E-state index is 0.0429. The number of benzene rings is 1. The monoisotopic (exact) mass is 350 g/mol. The molecule has 3 rings (SSSR count). The van der Waals surface area contributed by atoms with Gasteiger partial charge < -0.3 is 19.6 Å². The van der Waals surface area contributed by atoms with E-state index in [1.165, 1.54) is 21.9 Å². The number of morpholine rings is 1. The Kier molecular flexibility index (Phi) is 4.71. The fourth-order valence-corrected chi connectivity index (χ4v) is 3.44. The zero-order chi connectivity index (χ0) is 18.1. The minimum atomic E-state index is -1.12. The van der Waals surface area contributed by atoms with Crippen LogP contribution in [0.2, 0.25) is 0 Å². The Morgan fingerprint density at radius 2 is 1.96 bits per heavy atom. The molecule has 0 spiro atoms. The average molecular weight is 350 g/mol. The number of rotatable bonds is 3. The summed E-state index contributed by atoms with van der Waals surface area (Å²) >= 11 is 0. The maximum Gasteiger partial charge on any atom is 0.334 e. The SMILES string of the molecule is CN1C(=O)CC(C(=O)N2CCOC(C(=O)O)C2)C1c1ccc(F)cc1. The van der Waals surface area contributed by atoms with Gasteiger partial charge in [0.25, 0.3) is 0 Å². The third-order valence-electron chi connectivity index (χ3n) is 4.77. The van der Waals surface area contributed by atoms with E-state index in [1.807, 2.05) is 0 Å². The maximum absolute atomic E-state index is 13.2. The van der Waals surface area contributed by atoms with Gasteiger partial charge in [-0.15, -0.1) is 0 Å². The molecule has 0 aromatic heterocycles. The molecule has 8 heteroatoms. The lowest BCUT2D eigenvalue weighted by atomic mass is 9.92. The summed E-state index contributed by atoms with van der Waals surface area (Å²) < 4.78 is 18.3. The van der Waals surface area contributed by atoms with Crippen LogP contribution in [0.15, 0.2) is 24.3 Å². The summed E-state index contributed by atoms with van der Waals surface area (Å²) in [5.74, 6) is -2.59. The van der Waals surface area contributed by atoms with Crippen LogP contribution >= 0.6 is 0 Å². The molecule has 7 nitrogen and oxygen atoms in total. The van der Waals surface area contributed by atoms with E-state index in [4.69, 9.17) is 9.84 Å². The lowest BCUT2D eigenvalue weighted by Crippen LogP contribution is -2.50. The molecule has 1 aromatic carbocycles. The fourth-order valence-electron chi connectivity index (χ4n) is 3.44. The highest BCUT2D eigenvalue weighted by Crippen LogP contribution is 2.38. The van der Waals surface area contributed by atoms with Crippen LogP contribution < -0.4 is 0 Å². The van der Waals surface area contributed by atoms with Gasteiger partial charge in [0.2, 0.25) is 11.8 Å². The summed E-state index contributed by atoms with van der Waals surface area (Å²) in [5, 5.41) is 9.08. The maximum atomic E-state index is 13.2. The lowest BCUT2D eigenvalue weighted by Gasteiger charge is -2.34. The van der Waals surface area contributed by atoms with Gasteiger partial charge in [0.05, 0.1) is 25.1 Å². The van der Waals surface area contributed by atoms with Gasteiger partial charge in [-0.3, -0.25) is 9.59 Å². The molecule has 2 heterocycles. The van der Waals surface area contributed by atoms with Crippen LogP contribution in [0.3, 0.4) is 0 Å². The average Bonchev–Trinajstić information content (AvgIpc) is 2.90. The van der Waals surface area contributed by atoms with Gasteiger partial charge >= 0.3 is 5.97 Å². The molecule has 2 aliphatic heterocycles. The van der Waals surface area contributed by atoms with Crippen LogP contribution in [-0.4, -0.2) is 65.5 Å². The number of carbonyl (C=O) groups excluding carboxylic acids is 2. The van der Waals surface area contributed by atoms with Crippen LogP contribution in [0.25, 0.3) is 0 Å². The number of hydrogen-bond donors (Lipinski definition) is 1. The van der Waals surface area contributed by atoms with Gasteiger partial charge in [0, 0.05) is 20.0 Å². The summed E-state index contributed by atoms with van der Waals surface area (Å²) in [4.78, 5) is 39.1. The second kappa shape index (κ2) is 6.79. The number of halogens is 1. The molecule has 0 saturated carbocycles. The minimum Gasteiger partial charge on any atom is -0.479 e. The fraction of sp³-hybridized carbons (Fsp3) is 0.471. The molecule has 0 aliphatic carbocycles. The Hall–Kier alpha value is -2.48. The molecule has 134 valence electrons. The Morgan fingerprint density at radius 1 is 1.28 bits per heavy atom. The zero-order valence-electron chi connectivity index (χ0n) is 13.7. The van der Waals surface area contributed by atoms with Crippen molar-refractivity contribution >= 4 is 17.8 Å². The number of aliphatic carboxylic acids is 1. The van der Waals surface area contributed by atoms with E-state index in [1.54, 1.807) is 19.2 Å². The molecule has 0 bridgehead atoms. The van der Waals surface area contributed by atoms with Crippen LogP contribution in [0, 0.1) is 11.7 Å². The smallest absolute Gasteiger partial charge is 0.334 e. The van der Waals surface area contributed by atoms with Gasteiger partial charge in [-0.05, 0) is 17.7 Å². The summed E-state index contributed by atoms with van der Waals surface area (Å²) in [5.41, 5.74) is 0.677. The van der Waals surface area contributed by atoms with Crippen LogP contribution in [-0.2, 0) is 19.1 Å². The third kappa shape index (κ3) is 3.34. The van der Waals surface area contributed by atoms with Crippen LogP contribution in [0.1, 0.15) is 18.0 Å². The second-order valence-electron chi connectivity index (χ2n) is 6.29. The van der Waals surface area contributed by atoms with E-state index in [9.17, 15) is 18.8 Å². The molecule has 2 aliphatic rings. The summed E-state index contributed by atoms with van der Waals surface area (Å²) in [6, 6.07) is 5.22. The van der Waals surface area contributed by atoms with Crippen molar-refractivity contribution < 1.29 is 28.6 Å².